The Morgan fingerprint density at radius 2 is 1.87 bits per heavy atom. The van der Waals surface area contributed by atoms with E-state index in [0.29, 0.717) is 42.0 Å². The van der Waals surface area contributed by atoms with Gasteiger partial charge in [0.25, 0.3) is 0 Å². The maximum atomic E-state index is 11.8. The lowest BCUT2D eigenvalue weighted by Gasteiger charge is -2.28. The minimum absolute atomic E-state index is 0.0373. The van der Waals surface area contributed by atoms with E-state index in [1.54, 1.807) is 17.8 Å². The summed E-state index contributed by atoms with van der Waals surface area (Å²) in [5, 5.41) is 24.7. The highest BCUT2D eigenvalue weighted by Gasteiger charge is 2.24. The van der Waals surface area contributed by atoms with Crippen LogP contribution in [-0.4, -0.2) is 54.5 Å². The molecule has 0 saturated heterocycles. The van der Waals surface area contributed by atoms with E-state index in [-0.39, 0.29) is 11.8 Å². The molecule has 1 fully saturated rings. The van der Waals surface area contributed by atoms with Gasteiger partial charge in [0.15, 0.2) is 0 Å². The molecule has 0 aromatic carbocycles. The maximum Gasteiger partial charge on any atom is 0.407 e. The lowest BCUT2D eigenvalue weighted by Crippen LogP contribution is -2.36. The van der Waals surface area contributed by atoms with E-state index in [1.165, 1.54) is 6.07 Å². The fourth-order valence-corrected chi connectivity index (χ4v) is 3.73. The standard InChI is InChI=1S/C21H30N6O4/c1-13-9-16(10-17(23-13)19(28)29)18-24-26-27(25-18)12-15-7-5-14(6-8-15)11-22-20(30)31-21(2,3)4/h9-10,14-15H,5-8,11-12H2,1-4H3,(H,22,30)(H,28,29)/t14-,15-. The zero-order valence-corrected chi connectivity index (χ0v) is 18.5. The summed E-state index contributed by atoms with van der Waals surface area (Å²) in [7, 11) is 0. The van der Waals surface area contributed by atoms with Crippen LogP contribution in [0.25, 0.3) is 11.4 Å². The molecule has 2 N–H and O–H groups in total. The monoisotopic (exact) mass is 430 g/mol. The van der Waals surface area contributed by atoms with E-state index in [1.807, 2.05) is 20.8 Å². The molecular formula is C21H30N6O4. The second kappa shape index (κ2) is 9.40. The van der Waals surface area contributed by atoms with Crippen molar-refractivity contribution in [2.24, 2.45) is 11.8 Å². The quantitative estimate of drug-likeness (QED) is 0.714. The number of hydrogen-bond acceptors (Lipinski definition) is 7. The van der Waals surface area contributed by atoms with Crippen LogP contribution in [0.1, 0.15) is 62.6 Å². The molecule has 0 aliphatic heterocycles. The summed E-state index contributed by atoms with van der Waals surface area (Å²) in [6, 6.07) is 3.20. The predicted octanol–water partition coefficient (Wildman–Crippen LogP) is 3.07. The number of alkyl carbamates (subject to hydrolysis) is 1. The van der Waals surface area contributed by atoms with Crippen molar-refractivity contribution in [2.45, 2.75) is 65.5 Å². The van der Waals surface area contributed by atoms with Gasteiger partial charge in [-0.2, -0.15) is 4.80 Å². The molecule has 0 bridgehead atoms. The van der Waals surface area contributed by atoms with Crippen LogP contribution in [0, 0.1) is 18.8 Å². The molecule has 1 aliphatic rings. The topological polar surface area (TPSA) is 132 Å². The van der Waals surface area contributed by atoms with Crippen LogP contribution in [0.3, 0.4) is 0 Å². The minimum atomic E-state index is -1.09. The molecule has 2 aromatic heterocycles. The first-order chi connectivity index (χ1) is 14.6. The zero-order valence-electron chi connectivity index (χ0n) is 18.5. The van der Waals surface area contributed by atoms with Crippen molar-refractivity contribution >= 4 is 12.1 Å². The summed E-state index contributed by atoms with van der Waals surface area (Å²) in [5.74, 6) is 0.185. The predicted molar refractivity (Wildman–Crippen MR) is 112 cm³/mol. The second-order valence-electron chi connectivity index (χ2n) is 9.13. The SMILES string of the molecule is Cc1cc(-c2nnn(C[C@H]3CC[C@H](CNC(=O)OC(C)(C)C)CC3)n2)cc(C(=O)O)n1. The third kappa shape index (κ3) is 6.73. The van der Waals surface area contributed by atoms with Crippen LogP contribution in [0.15, 0.2) is 12.1 Å². The summed E-state index contributed by atoms with van der Waals surface area (Å²) in [6.07, 6.45) is 3.72. The molecular weight excluding hydrogens is 400 g/mol. The Morgan fingerprint density at radius 1 is 1.19 bits per heavy atom. The van der Waals surface area contributed by atoms with Crippen molar-refractivity contribution in [3.05, 3.63) is 23.5 Å². The summed E-state index contributed by atoms with van der Waals surface area (Å²) < 4.78 is 5.28. The average Bonchev–Trinajstić information content (AvgIpc) is 3.14. The number of carboxylic acids is 1. The largest absolute Gasteiger partial charge is 0.477 e. The molecule has 2 aromatic rings. The van der Waals surface area contributed by atoms with Gasteiger partial charge < -0.3 is 15.2 Å². The Balaban J connectivity index is 1.49. The van der Waals surface area contributed by atoms with Crippen LogP contribution in [0.4, 0.5) is 4.79 Å². The normalized spacial score (nSPS) is 19.1. The van der Waals surface area contributed by atoms with E-state index in [2.05, 4.69) is 25.7 Å². The Morgan fingerprint density at radius 3 is 2.52 bits per heavy atom. The van der Waals surface area contributed by atoms with E-state index < -0.39 is 11.6 Å². The number of aryl methyl sites for hydroxylation is 1. The van der Waals surface area contributed by atoms with E-state index in [9.17, 15) is 14.7 Å². The number of hydrogen-bond donors (Lipinski definition) is 2. The van der Waals surface area contributed by atoms with Gasteiger partial charge in [-0.1, -0.05) is 0 Å². The van der Waals surface area contributed by atoms with Crippen LogP contribution in [0.5, 0.6) is 0 Å². The van der Waals surface area contributed by atoms with Gasteiger partial charge in [0.05, 0.1) is 6.54 Å². The number of ether oxygens (including phenoxy) is 1. The molecule has 0 spiro atoms. The van der Waals surface area contributed by atoms with Crippen LogP contribution in [0.2, 0.25) is 0 Å². The highest BCUT2D eigenvalue weighted by atomic mass is 16.6. The average molecular weight is 431 g/mol. The highest BCUT2D eigenvalue weighted by Crippen LogP contribution is 2.29. The number of rotatable bonds is 6. The van der Waals surface area contributed by atoms with Gasteiger partial charge in [-0.15, -0.1) is 10.2 Å². The maximum absolute atomic E-state index is 11.8. The number of carbonyl (C=O) groups is 2. The van der Waals surface area contributed by atoms with Gasteiger partial charge in [0, 0.05) is 17.8 Å². The van der Waals surface area contributed by atoms with Gasteiger partial charge >= 0.3 is 12.1 Å². The van der Waals surface area contributed by atoms with Gasteiger partial charge in [-0.05, 0) is 82.6 Å². The summed E-state index contributed by atoms with van der Waals surface area (Å²) in [4.78, 5) is 28.6. The number of tetrazole rings is 1. The number of aromatic carboxylic acids is 1. The van der Waals surface area contributed by atoms with Gasteiger partial charge in [-0.25, -0.2) is 14.6 Å². The third-order valence-electron chi connectivity index (χ3n) is 5.21. The lowest BCUT2D eigenvalue weighted by atomic mass is 9.82. The first kappa shape index (κ1) is 22.6. The molecule has 0 radical (unpaired) electrons. The molecule has 2 heterocycles. The zero-order chi connectivity index (χ0) is 22.6. The Kier molecular flexibility index (Phi) is 6.87. The molecule has 10 heteroatoms. The molecule has 0 atom stereocenters. The number of nitrogens with one attached hydrogen (secondary N) is 1. The third-order valence-corrected chi connectivity index (χ3v) is 5.21. The Labute approximate surface area is 181 Å². The highest BCUT2D eigenvalue weighted by molar-refractivity contribution is 5.86. The number of nitrogens with zero attached hydrogens (tertiary/aromatic N) is 5. The molecule has 1 aliphatic carbocycles. The van der Waals surface area contributed by atoms with Gasteiger partial charge in [0.2, 0.25) is 5.82 Å². The summed E-state index contributed by atoms with van der Waals surface area (Å²) in [5.41, 5.74) is 0.650. The summed E-state index contributed by atoms with van der Waals surface area (Å²) in [6.45, 7) is 8.57. The fraction of sp³-hybridized carbons (Fsp3) is 0.619. The minimum Gasteiger partial charge on any atom is -0.477 e. The van der Waals surface area contributed by atoms with Crippen molar-refractivity contribution < 1.29 is 19.4 Å². The smallest absolute Gasteiger partial charge is 0.407 e. The number of carbonyl (C=O) groups excluding carboxylic acids is 1. The van der Waals surface area contributed by atoms with Crippen molar-refractivity contribution in [3.63, 3.8) is 0 Å². The van der Waals surface area contributed by atoms with E-state index in [4.69, 9.17) is 4.74 Å². The molecule has 1 saturated carbocycles. The first-order valence-electron chi connectivity index (χ1n) is 10.6. The van der Waals surface area contributed by atoms with Crippen LogP contribution < -0.4 is 5.32 Å². The van der Waals surface area contributed by atoms with Crippen molar-refractivity contribution in [1.29, 1.82) is 0 Å². The molecule has 10 nitrogen and oxygen atoms in total. The van der Waals surface area contributed by atoms with E-state index >= 15 is 0 Å². The molecule has 31 heavy (non-hydrogen) atoms. The number of pyridine rings is 1. The lowest BCUT2D eigenvalue weighted by molar-refractivity contribution is 0.0512. The van der Waals surface area contributed by atoms with Crippen molar-refractivity contribution in [3.8, 4) is 11.4 Å². The molecule has 168 valence electrons. The van der Waals surface area contributed by atoms with Crippen molar-refractivity contribution in [2.75, 3.05) is 6.54 Å². The van der Waals surface area contributed by atoms with Gasteiger partial charge in [-0.3, -0.25) is 0 Å². The van der Waals surface area contributed by atoms with Crippen LogP contribution >= 0.6 is 0 Å². The fourth-order valence-electron chi connectivity index (χ4n) is 3.73. The molecule has 1 amide bonds. The van der Waals surface area contributed by atoms with E-state index in [0.717, 1.165) is 25.7 Å². The number of amides is 1. The number of aromatic nitrogens is 5. The van der Waals surface area contributed by atoms with Crippen molar-refractivity contribution in [1.82, 2.24) is 30.5 Å². The van der Waals surface area contributed by atoms with Crippen LogP contribution in [-0.2, 0) is 11.3 Å². The van der Waals surface area contributed by atoms with Gasteiger partial charge in [0.1, 0.15) is 11.3 Å². The molecule has 0 unspecified atom stereocenters. The summed E-state index contributed by atoms with van der Waals surface area (Å²) >= 11 is 0. The number of carboxylic acid groups (broad SMARTS) is 1. The second-order valence-corrected chi connectivity index (χ2v) is 9.13. The first-order valence-corrected chi connectivity index (χ1v) is 10.6. The Bertz CT molecular complexity index is 928. The Hall–Kier alpha value is -3.04. The molecule has 3 rings (SSSR count).